The maximum absolute atomic E-state index is 11.8. The van der Waals surface area contributed by atoms with Crippen molar-refractivity contribution < 1.29 is 0 Å². The van der Waals surface area contributed by atoms with Crippen LogP contribution in [0.4, 0.5) is 0 Å². The van der Waals surface area contributed by atoms with Crippen molar-refractivity contribution in [2.45, 2.75) is 6.92 Å². The first-order valence-corrected chi connectivity index (χ1v) is 5.26. The third kappa shape index (κ3) is 2.19. The van der Waals surface area contributed by atoms with Crippen molar-refractivity contribution in [2.24, 2.45) is 0 Å². The zero-order valence-electron chi connectivity index (χ0n) is 9.01. The largest absolute Gasteiger partial charge is 0.272 e. The van der Waals surface area contributed by atoms with E-state index in [0.29, 0.717) is 16.4 Å². The zero-order chi connectivity index (χ0) is 12.4. The Labute approximate surface area is 103 Å². The van der Waals surface area contributed by atoms with E-state index in [-0.39, 0.29) is 11.1 Å². The summed E-state index contributed by atoms with van der Waals surface area (Å²) in [5, 5.41) is 13.4. The molecular formula is C12H8ClN3O. The number of aromatic nitrogens is 2. The fraction of sp³-hybridized carbons (Fsp3) is 0.0833. The molecule has 0 N–H and O–H groups in total. The molecule has 0 unspecified atom stereocenters. The van der Waals surface area contributed by atoms with E-state index in [2.05, 4.69) is 5.10 Å². The number of hydrogen-bond donors (Lipinski definition) is 0. The lowest BCUT2D eigenvalue weighted by molar-refractivity contribution is 0.782. The minimum absolute atomic E-state index is 0.285. The Kier molecular flexibility index (Phi) is 2.94. The number of aryl methyl sites for hydroxylation is 1. The lowest BCUT2D eigenvalue weighted by Crippen LogP contribution is -2.22. The molecule has 4 nitrogen and oxygen atoms in total. The van der Waals surface area contributed by atoms with Gasteiger partial charge in [0, 0.05) is 11.1 Å². The van der Waals surface area contributed by atoms with E-state index in [1.807, 2.05) is 6.07 Å². The molecule has 5 heteroatoms. The molecule has 0 saturated carbocycles. The second kappa shape index (κ2) is 4.40. The van der Waals surface area contributed by atoms with Gasteiger partial charge in [0.2, 0.25) is 0 Å². The summed E-state index contributed by atoms with van der Waals surface area (Å²) >= 11 is 5.85. The Morgan fingerprint density at radius 2 is 2.18 bits per heavy atom. The monoisotopic (exact) mass is 245 g/mol. The van der Waals surface area contributed by atoms with Crippen LogP contribution in [0.5, 0.6) is 0 Å². The van der Waals surface area contributed by atoms with Crippen LogP contribution in [0.1, 0.15) is 11.3 Å². The lowest BCUT2D eigenvalue weighted by atomic mass is 10.2. The smallest absolute Gasteiger partial charge is 0.267 e. The molecule has 0 atom stereocenters. The Bertz CT molecular complexity index is 670. The second-order valence-corrected chi connectivity index (χ2v) is 3.92. The summed E-state index contributed by atoms with van der Waals surface area (Å²) in [5.41, 5.74) is 1.02. The molecule has 0 aliphatic rings. The summed E-state index contributed by atoms with van der Waals surface area (Å²) in [7, 11) is 0. The fourth-order valence-electron chi connectivity index (χ4n) is 1.45. The van der Waals surface area contributed by atoms with Crippen molar-refractivity contribution in [2.75, 3.05) is 0 Å². The van der Waals surface area contributed by atoms with E-state index in [1.165, 1.54) is 10.7 Å². The second-order valence-electron chi connectivity index (χ2n) is 3.49. The molecule has 2 rings (SSSR count). The van der Waals surface area contributed by atoms with Crippen molar-refractivity contribution in [1.29, 1.82) is 5.26 Å². The van der Waals surface area contributed by atoms with E-state index >= 15 is 0 Å². The predicted octanol–water partition coefficient (Wildman–Crippen LogP) is 2.07. The first-order valence-electron chi connectivity index (χ1n) is 4.89. The van der Waals surface area contributed by atoms with Gasteiger partial charge in [0.25, 0.3) is 5.56 Å². The van der Waals surface area contributed by atoms with Crippen LogP contribution in [-0.2, 0) is 0 Å². The van der Waals surface area contributed by atoms with Gasteiger partial charge in [-0.15, -0.1) is 0 Å². The van der Waals surface area contributed by atoms with Gasteiger partial charge in [-0.25, -0.2) is 0 Å². The normalized spacial score (nSPS) is 9.94. The van der Waals surface area contributed by atoms with Crippen molar-refractivity contribution in [3.63, 3.8) is 0 Å². The molecule has 0 radical (unpaired) electrons. The standard InChI is InChI=1S/C12H8ClN3O/c1-8-9(7-14)5-12(17)16(15-8)11-4-2-3-10(13)6-11/h2-6H,1H3. The summed E-state index contributed by atoms with van der Waals surface area (Å²) in [6, 6.07) is 10.0. The quantitative estimate of drug-likeness (QED) is 0.773. The molecule has 1 heterocycles. The number of benzene rings is 1. The van der Waals surface area contributed by atoms with Crippen molar-refractivity contribution in [3.8, 4) is 11.8 Å². The van der Waals surface area contributed by atoms with Crippen LogP contribution in [0.25, 0.3) is 5.69 Å². The summed E-state index contributed by atoms with van der Waals surface area (Å²) in [6.07, 6.45) is 0. The highest BCUT2D eigenvalue weighted by Crippen LogP contribution is 2.13. The molecule has 0 saturated heterocycles. The Hall–Kier alpha value is -2.12. The van der Waals surface area contributed by atoms with Crippen LogP contribution in [-0.4, -0.2) is 9.78 Å². The number of halogens is 1. The number of nitrogens with zero attached hydrogens (tertiary/aromatic N) is 3. The maximum Gasteiger partial charge on any atom is 0.272 e. The maximum atomic E-state index is 11.8. The highest BCUT2D eigenvalue weighted by Gasteiger charge is 2.06. The average molecular weight is 246 g/mol. The van der Waals surface area contributed by atoms with Crippen molar-refractivity contribution in [1.82, 2.24) is 9.78 Å². The summed E-state index contributed by atoms with van der Waals surface area (Å²) in [4.78, 5) is 11.8. The molecule has 0 bridgehead atoms. The van der Waals surface area contributed by atoms with E-state index in [0.717, 1.165) is 0 Å². The highest BCUT2D eigenvalue weighted by atomic mass is 35.5. The van der Waals surface area contributed by atoms with Gasteiger partial charge in [0.05, 0.1) is 16.9 Å². The van der Waals surface area contributed by atoms with Gasteiger partial charge in [-0.05, 0) is 25.1 Å². The van der Waals surface area contributed by atoms with Crippen LogP contribution < -0.4 is 5.56 Å². The molecule has 1 aromatic carbocycles. The van der Waals surface area contributed by atoms with Gasteiger partial charge in [-0.1, -0.05) is 17.7 Å². The Morgan fingerprint density at radius 3 is 2.82 bits per heavy atom. The molecule has 0 aliphatic carbocycles. The van der Waals surface area contributed by atoms with E-state index in [9.17, 15) is 4.79 Å². The third-order valence-corrected chi connectivity index (χ3v) is 2.52. The minimum atomic E-state index is -0.352. The van der Waals surface area contributed by atoms with E-state index in [1.54, 1.807) is 31.2 Å². The van der Waals surface area contributed by atoms with Gasteiger partial charge in [0.1, 0.15) is 6.07 Å². The van der Waals surface area contributed by atoms with Gasteiger partial charge in [-0.2, -0.15) is 15.0 Å². The molecular weight excluding hydrogens is 238 g/mol. The number of nitriles is 1. The van der Waals surface area contributed by atoms with Gasteiger partial charge in [-0.3, -0.25) is 4.79 Å². The first kappa shape index (κ1) is 11.4. The summed E-state index contributed by atoms with van der Waals surface area (Å²) in [5.74, 6) is 0. The van der Waals surface area contributed by atoms with Crippen molar-refractivity contribution >= 4 is 11.6 Å². The lowest BCUT2D eigenvalue weighted by Gasteiger charge is -2.06. The van der Waals surface area contributed by atoms with Gasteiger partial charge >= 0.3 is 0 Å². The molecule has 1 aromatic heterocycles. The van der Waals surface area contributed by atoms with Crippen LogP contribution >= 0.6 is 11.6 Å². The van der Waals surface area contributed by atoms with Gasteiger partial charge < -0.3 is 0 Å². The Morgan fingerprint density at radius 1 is 1.41 bits per heavy atom. The zero-order valence-corrected chi connectivity index (χ0v) is 9.77. The minimum Gasteiger partial charge on any atom is -0.267 e. The first-order chi connectivity index (χ1) is 8.11. The highest BCUT2D eigenvalue weighted by molar-refractivity contribution is 6.30. The van der Waals surface area contributed by atoms with Crippen molar-refractivity contribution in [3.05, 3.63) is 57.0 Å². The van der Waals surface area contributed by atoms with Crippen LogP contribution in [0, 0.1) is 18.3 Å². The van der Waals surface area contributed by atoms with E-state index in [4.69, 9.17) is 16.9 Å². The van der Waals surface area contributed by atoms with Crippen LogP contribution in [0.3, 0.4) is 0 Å². The molecule has 2 aromatic rings. The molecule has 84 valence electrons. The fourth-order valence-corrected chi connectivity index (χ4v) is 1.63. The third-order valence-electron chi connectivity index (χ3n) is 2.29. The molecule has 0 spiro atoms. The predicted molar refractivity (Wildman–Crippen MR) is 64.3 cm³/mol. The Balaban J connectivity index is 2.66. The number of rotatable bonds is 1. The molecule has 0 fully saturated rings. The molecule has 0 amide bonds. The summed E-state index contributed by atoms with van der Waals surface area (Å²) < 4.78 is 1.22. The van der Waals surface area contributed by atoms with Crippen LogP contribution in [0.2, 0.25) is 5.02 Å². The molecule has 0 aliphatic heterocycles. The van der Waals surface area contributed by atoms with Crippen LogP contribution in [0.15, 0.2) is 35.1 Å². The SMILES string of the molecule is Cc1nn(-c2cccc(Cl)c2)c(=O)cc1C#N. The van der Waals surface area contributed by atoms with Gasteiger partial charge in [0.15, 0.2) is 0 Å². The number of hydrogen-bond acceptors (Lipinski definition) is 3. The summed E-state index contributed by atoms with van der Waals surface area (Å²) in [6.45, 7) is 1.68. The molecule has 17 heavy (non-hydrogen) atoms. The van der Waals surface area contributed by atoms with E-state index < -0.39 is 0 Å². The topological polar surface area (TPSA) is 58.7 Å². The average Bonchev–Trinajstić information content (AvgIpc) is 2.31.